The van der Waals surface area contributed by atoms with Crippen LogP contribution in [0.1, 0.15) is 11.9 Å². The van der Waals surface area contributed by atoms with Gasteiger partial charge < -0.3 is 4.74 Å². The number of thiophene rings is 1. The highest BCUT2D eigenvalue weighted by atomic mass is 32.1. The molecule has 2 rings (SSSR count). The third kappa shape index (κ3) is 2.92. The molecule has 1 atom stereocenters. The Labute approximate surface area is 108 Å². The van der Waals surface area contributed by atoms with Gasteiger partial charge in [-0.05, 0) is 11.4 Å². The van der Waals surface area contributed by atoms with E-state index in [-0.39, 0.29) is 11.9 Å². The van der Waals surface area contributed by atoms with Gasteiger partial charge in [0.05, 0.1) is 28.6 Å². The van der Waals surface area contributed by atoms with Crippen molar-refractivity contribution in [1.82, 2.24) is 4.98 Å². The minimum atomic E-state index is -0.183. The van der Waals surface area contributed by atoms with Gasteiger partial charge >= 0.3 is 5.97 Å². The van der Waals surface area contributed by atoms with Gasteiger partial charge in [0.25, 0.3) is 0 Å². The monoisotopic (exact) mass is 267 g/mol. The minimum Gasteiger partial charge on any atom is -0.469 e. The summed E-state index contributed by atoms with van der Waals surface area (Å²) in [4.78, 5) is 17.0. The van der Waals surface area contributed by atoms with Gasteiger partial charge in [-0.15, -0.1) is 22.7 Å². The molecule has 0 aliphatic carbocycles. The fourth-order valence-corrected chi connectivity index (χ4v) is 3.17. The van der Waals surface area contributed by atoms with E-state index in [1.807, 2.05) is 29.8 Å². The maximum absolute atomic E-state index is 11.3. The van der Waals surface area contributed by atoms with Crippen molar-refractivity contribution in [3.63, 3.8) is 0 Å². The fraction of sp³-hybridized carbons (Fsp3) is 0.333. The van der Waals surface area contributed by atoms with E-state index in [0.29, 0.717) is 6.42 Å². The van der Waals surface area contributed by atoms with Crippen LogP contribution in [0.4, 0.5) is 0 Å². The Bertz CT molecular complexity index is 490. The quantitative estimate of drug-likeness (QED) is 0.798. The first kappa shape index (κ1) is 12.3. The Morgan fingerprint density at radius 1 is 1.53 bits per heavy atom. The third-order valence-electron chi connectivity index (χ3n) is 2.41. The predicted molar refractivity (Wildman–Crippen MR) is 70.3 cm³/mol. The molecule has 0 bridgehead atoms. The van der Waals surface area contributed by atoms with E-state index in [2.05, 4.69) is 4.98 Å². The van der Waals surface area contributed by atoms with Crippen molar-refractivity contribution in [2.24, 2.45) is 5.92 Å². The highest BCUT2D eigenvalue weighted by molar-refractivity contribution is 7.14. The lowest BCUT2D eigenvalue weighted by atomic mass is 10.1. The van der Waals surface area contributed by atoms with Gasteiger partial charge in [0.2, 0.25) is 0 Å². The Hall–Kier alpha value is -1.20. The van der Waals surface area contributed by atoms with Crippen molar-refractivity contribution in [3.8, 4) is 10.6 Å². The summed E-state index contributed by atoms with van der Waals surface area (Å²) < 4.78 is 4.70. The number of hydrogen-bond acceptors (Lipinski definition) is 5. The second kappa shape index (κ2) is 5.42. The van der Waals surface area contributed by atoms with Crippen LogP contribution in [0, 0.1) is 5.92 Å². The molecule has 0 radical (unpaired) electrons. The molecule has 0 N–H and O–H groups in total. The van der Waals surface area contributed by atoms with E-state index >= 15 is 0 Å². The normalized spacial score (nSPS) is 12.4. The molecule has 0 saturated carbocycles. The lowest BCUT2D eigenvalue weighted by Crippen LogP contribution is -2.14. The number of esters is 1. The number of methoxy groups -OCH3 is 1. The third-order valence-corrected chi connectivity index (χ3v) is 4.17. The maximum atomic E-state index is 11.3. The molecule has 0 fully saturated rings. The average molecular weight is 267 g/mol. The standard InChI is InChI=1S/C12H13NO2S2/c1-8(12(14)15-2)6-11-13-9(7-17-11)10-4-3-5-16-10/h3-5,7-8H,6H2,1-2H3. The zero-order valence-electron chi connectivity index (χ0n) is 9.67. The number of thiazole rings is 1. The van der Waals surface area contributed by atoms with Crippen LogP contribution < -0.4 is 0 Å². The lowest BCUT2D eigenvalue weighted by Gasteiger charge is -2.05. The molecule has 2 heterocycles. The van der Waals surface area contributed by atoms with Gasteiger partial charge in [0.1, 0.15) is 0 Å². The highest BCUT2D eigenvalue weighted by Crippen LogP contribution is 2.27. The van der Waals surface area contributed by atoms with E-state index in [0.717, 1.165) is 10.7 Å². The largest absolute Gasteiger partial charge is 0.469 e. The first-order valence-electron chi connectivity index (χ1n) is 5.27. The summed E-state index contributed by atoms with van der Waals surface area (Å²) in [7, 11) is 1.41. The topological polar surface area (TPSA) is 39.2 Å². The highest BCUT2D eigenvalue weighted by Gasteiger charge is 2.16. The smallest absolute Gasteiger partial charge is 0.308 e. The fourth-order valence-electron chi connectivity index (χ4n) is 1.49. The molecule has 0 amide bonds. The second-order valence-electron chi connectivity index (χ2n) is 3.73. The molecule has 5 heteroatoms. The Morgan fingerprint density at radius 2 is 2.35 bits per heavy atom. The molecule has 3 nitrogen and oxygen atoms in total. The van der Waals surface area contributed by atoms with Crippen LogP contribution in [0.25, 0.3) is 10.6 Å². The van der Waals surface area contributed by atoms with Crippen LogP contribution in [0.5, 0.6) is 0 Å². The zero-order valence-corrected chi connectivity index (χ0v) is 11.3. The van der Waals surface area contributed by atoms with Gasteiger partial charge in [0, 0.05) is 11.8 Å². The van der Waals surface area contributed by atoms with Crippen LogP contribution in [0.3, 0.4) is 0 Å². The summed E-state index contributed by atoms with van der Waals surface area (Å²) in [5, 5.41) is 5.04. The molecule has 90 valence electrons. The summed E-state index contributed by atoms with van der Waals surface area (Å²) in [5.74, 6) is -0.319. The van der Waals surface area contributed by atoms with E-state index < -0.39 is 0 Å². The van der Waals surface area contributed by atoms with E-state index in [4.69, 9.17) is 4.74 Å². The van der Waals surface area contributed by atoms with Gasteiger partial charge in [-0.1, -0.05) is 13.0 Å². The number of nitrogens with zero attached hydrogens (tertiary/aromatic N) is 1. The maximum Gasteiger partial charge on any atom is 0.308 e. The van der Waals surface area contributed by atoms with Gasteiger partial charge in [0.15, 0.2) is 0 Å². The molecular formula is C12H13NO2S2. The molecule has 0 aromatic carbocycles. The molecule has 0 aliphatic heterocycles. The molecule has 2 aromatic rings. The van der Waals surface area contributed by atoms with Gasteiger partial charge in [-0.25, -0.2) is 4.98 Å². The summed E-state index contributed by atoms with van der Waals surface area (Å²) in [6, 6.07) is 4.06. The van der Waals surface area contributed by atoms with Crippen molar-refractivity contribution >= 4 is 28.6 Å². The van der Waals surface area contributed by atoms with E-state index in [9.17, 15) is 4.79 Å². The number of ether oxygens (including phenoxy) is 1. The predicted octanol–water partition coefficient (Wildman–Crippen LogP) is 3.22. The van der Waals surface area contributed by atoms with E-state index in [1.165, 1.54) is 12.0 Å². The second-order valence-corrected chi connectivity index (χ2v) is 5.62. The van der Waals surface area contributed by atoms with Crippen LogP contribution >= 0.6 is 22.7 Å². The molecule has 17 heavy (non-hydrogen) atoms. The average Bonchev–Trinajstić information content (AvgIpc) is 2.97. The van der Waals surface area contributed by atoms with Crippen molar-refractivity contribution in [2.45, 2.75) is 13.3 Å². The first-order chi connectivity index (χ1) is 8.20. The Kier molecular flexibility index (Phi) is 3.91. The summed E-state index contributed by atoms with van der Waals surface area (Å²) in [5.41, 5.74) is 0.997. The van der Waals surface area contributed by atoms with Crippen molar-refractivity contribution in [2.75, 3.05) is 7.11 Å². The van der Waals surface area contributed by atoms with Crippen LogP contribution in [-0.4, -0.2) is 18.1 Å². The Morgan fingerprint density at radius 3 is 3.00 bits per heavy atom. The number of hydrogen-bond donors (Lipinski definition) is 0. The van der Waals surface area contributed by atoms with Gasteiger partial charge in [-0.3, -0.25) is 4.79 Å². The van der Waals surface area contributed by atoms with Crippen LogP contribution in [-0.2, 0) is 16.0 Å². The molecule has 0 spiro atoms. The molecular weight excluding hydrogens is 254 g/mol. The molecule has 2 aromatic heterocycles. The Balaban J connectivity index is 2.06. The molecule has 0 aliphatic rings. The lowest BCUT2D eigenvalue weighted by molar-refractivity contribution is -0.144. The van der Waals surface area contributed by atoms with Crippen LogP contribution in [0.2, 0.25) is 0 Å². The van der Waals surface area contributed by atoms with Gasteiger partial charge in [-0.2, -0.15) is 0 Å². The first-order valence-corrected chi connectivity index (χ1v) is 7.02. The molecule has 0 saturated heterocycles. The summed E-state index contributed by atoms with van der Waals surface area (Å²) in [6.07, 6.45) is 0.642. The van der Waals surface area contributed by atoms with E-state index in [1.54, 1.807) is 22.7 Å². The van der Waals surface area contributed by atoms with Crippen LogP contribution in [0.15, 0.2) is 22.9 Å². The van der Waals surface area contributed by atoms with Crippen molar-refractivity contribution in [1.29, 1.82) is 0 Å². The number of rotatable bonds is 4. The van der Waals surface area contributed by atoms with Crippen molar-refractivity contribution in [3.05, 3.63) is 27.9 Å². The minimum absolute atomic E-state index is 0.137. The SMILES string of the molecule is COC(=O)C(C)Cc1nc(-c2cccs2)cs1. The number of carbonyl (C=O) groups is 1. The number of carbonyl (C=O) groups excluding carboxylic acids is 1. The summed E-state index contributed by atoms with van der Waals surface area (Å²) >= 11 is 3.26. The molecule has 1 unspecified atom stereocenters. The summed E-state index contributed by atoms with van der Waals surface area (Å²) in [6.45, 7) is 1.86. The van der Waals surface area contributed by atoms with Crippen molar-refractivity contribution < 1.29 is 9.53 Å². The number of aromatic nitrogens is 1. The zero-order chi connectivity index (χ0) is 12.3.